The van der Waals surface area contributed by atoms with Crippen molar-refractivity contribution in [2.75, 3.05) is 45.8 Å². The summed E-state index contributed by atoms with van der Waals surface area (Å²) in [5, 5.41) is 0. The molecule has 0 spiro atoms. The molecular weight excluding hydrogens is 321 g/mol. The summed E-state index contributed by atoms with van der Waals surface area (Å²) in [6.07, 6.45) is -0.323. The zero-order chi connectivity index (χ0) is 15.0. The van der Waals surface area contributed by atoms with E-state index in [4.69, 9.17) is 30.3 Å². The fourth-order valence-electron chi connectivity index (χ4n) is 1.51. The van der Waals surface area contributed by atoms with Gasteiger partial charge in [-0.15, -0.1) is 0 Å². The molecule has 1 aliphatic heterocycles. The summed E-state index contributed by atoms with van der Waals surface area (Å²) >= 11 is 6.63. The van der Waals surface area contributed by atoms with Gasteiger partial charge in [-0.3, -0.25) is 4.79 Å². The molecule has 1 aliphatic rings. The van der Waals surface area contributed by atoms with Crippen LogP contribution in [0.15, 0.2) is 0 Å². The second-order valence-corrected chi connectivity index (χ2v) is 10.3. The molecule has 0 radical (unpaired) electrons. The van der Waals surface area contributed by atoms with Gasteiger partial charge in [0.15, 0.2) is 6.29 Å². The van der Waals surface area contributed by atoms with Gasteiger partial charge in [0.1, 0.15) is 0 Å². The molecule has 1 amide bonds. The van der Waals surface area contributed by atoms with E-state index in [1.54, 1.807) is 11.9 Å². The van der Waals surface area contributed by atoms with Crippen LogP contribution in [0.5, 0.6) is 0 Å². The van der Waals surface area contributed by atoms with Crippen LogP contribution in [0.25, 0.3) is 0 Å². The minimum Gasteiger partial charge on any atom is -0.348 e. The molecule has 6 nitrogen and oxygen atoms in total. The van der Waals surface area contributed by atoms with Crippen molar-refractivity contribution in [1.29, 1.82) is 0 Å². The Morgan fingerprint density at radius 1 is 1.35 bits per heavy atom. The minimum absolute atomic E-state index is 0.0391. The van der Waals surface area contributed by atoms with Gasteiger partial charge >= 0.3 is 0 Å². The first kappa shape index (κ1) is 18.4. The summed E-state index contributed by atoms with van der Waals surface area (Å²) in [4.78, 5) is 13.6. The van der Waals surface area contributed by atoms with Crippen LogP contribution in [-0.2, 0) is 35.1 Å². The third-order valence-corrected chi connectivity index (χ3v) is 7.85. The largest absolute Gasteiger partial charge is 0.348 e. The Labute approximate surface area is 129 Å². The highest BCUT2D eigenvalue weighted by molar-refractivity contribution is 8.68. The maximum atomic E-state index is 12.0. The van der Waals surface area contributed by atoms with Crippen LogP contribution in [0, 0.1) is 0 Å². The van der Waals surface area contributed by atoms with E-state index >= 15 is 0 Å². The van der Waals surface area contributed by atoms with E-state index in [1.807, 2.05) is 13.8 Å². The summed E-state index contributed by atoms with van der Waals surface area (Å²) in [5.41, 5.74) is -2.41. The van der Waals surface area contributed by atoms with Gasteiger partial charge in [-0.2, -0.15) is 0 Å². The Kier molecular flexibility index (Phi) is 8.59. The molecule has 9 heteroatoms. The molecule has 0 aromatic heterocycles. The van der Waals surface area contributed by atoms with Crippen LogP contribution in [-0.4, -0.2) is 62.9 Å². The third kappa shape index (κ3) is 6.39. The summed E-state index contributed by atoms with van der Waals surface area (Å²) < 4.78 is 21.6. The Bertz CT molecular complexity index is 342. The van der Waals surface area contributed by atoms with Crippen LogP contribution >= 0.6 is 17.1 Å². The zero-order valence-electron chi connectivity index (χ0n) is 12.1. The van der Waals surface area contributed by atoms with Crippen LogP contribution < -0.4 is 0 Å². The third-order valence-electron chi connectivity index (χ3n) is 2.46. The molecule has 20 heavy (non-hydrogen) atoms. The molecule has 0 unspecified atom stereocenters. The topological polar surface area (TPSA) is 57.2 Å². The van der Waals surface area contributed by atoms with E-state index in [0.29, 0.717) is 33.0 Å². The van der Waals surface area contributed by atoms with Gasteiger partial charge in [0.25, 0.3) is 0 Å². The lowest BCUT2D eigenvalue weighted by molar-refractivity contribution is -0.132. The van der Waals surface area contributed by atoms with Crippen molar-refractivity contribution in [3.8, 4) is 0 Å². The number of carbonyl (C=O) groups is 1. The molecule has 118 valence electrons. The number of nitrogens with zero attached hydrogens (tertiary/aromatic N) is 1. The molecule has 1 rings (SSSR count). The van der Waals surface area contributed by atoms with Crippen molar-refractivity contribution in [2.24, 2.45) is 0 Å². The Morgan fingerprint density at radius 3 is 2.40 bits per heavy atom. The molecule has 0 atom stereocenters. The van der Waals surface area contributed by atoms with Crippen molar-refractivity contribution >= 4 is 34.8 Å². The van der Waals surface area contributed by atoms with E-state index in [-0.39, 0.29) is 18.0 Å². The molecular formula is C11H22NO5PS2. The molecule has 0 bridgehead atoms. The number of hydrogen-bond acceptors (Lipinski definition) is 7. The fraction of sp³-hybridized carbons (Fsp3) is 0.909. The highest BCUT2D eigenvalue weighted by Crippen LogP contribution is 2.60. The van der Waals surface area contributed by atoms with Crippen molar-refractivity contribution in [2.45, 2.75) is 20.1 Å². The number of rotatable bonds is 9. The summed E-state index contributed by atoms with van der Waals surface area (Å²) in [6.45, 7) is 6.28. The van der Waals surface area contributed by atoms with Crippen molar-refractivity contribution < 1.29 is 23.3 Å². The van der Waals surface area contributed by atoms with Crippen molar-refractivity contribution in [1.82, 2.24) is 4.90 Å². The van der Waals surface area contributed by atoms with Crippen LogP contribution in [0.2, 0.25) is 0 Å². The van der Waals surface area contributed by atoms with Gasteiger partial charge in [0.05, 0.1) is 38.7 Å². The number of hydrogen-bond donors (Lipinski definition) is 0. The second kappa shape index (κ2) is 9.35. The number of ether oxygens (including phenoxy) is 2. The Hall–Kier alpha value is 0.310. The quantitative estimate of drug-likeness (QED) is 0.592. The lowest BCUT2D eigenvalue weighted by Crippen LogP contribution is -2.35. The fourth-order valence-corrected chi connectivity index (χ4v) is 5.85. The number of carbonyl (C=O) groups excluding carboxylic acids is 1. The van der Waals surface area contributed by atoms with Gasteiger partial charge in [0.2, 0.25) is 11.6 Å². The molecule has 0 aromatic carbocycles. The first-order valence-corrected chi connectivity index (χ1v) is 10.7. The molecule has 1 heterocycles. The van der Waals surface area contributed by atoms with E-state index in [2.05, 4.69) is 0 Å². The highest BCUT2D eigenvalue weighted by atomic mass is 32.9. The average Bonchev–Trinajstić information content (AvgIpc) is 2.89. The molecule has 0 N–H and O–H groups in total. The maximum Gasteiger partial charge on any atom is 0.247 e. The zero-order valence-corrected chi connectivity index (χ0v) is 14.6. The predicted octanol–water partition coefficient (Wildman–Crippen LogP) is 1.85. The first-order chi connectivity index (χ1) is 9.50. The van der Waals surface area contributed by atoms with E-state index in [0.717, 1.165) is 0 Å². The van der Waals surface area contributed by atoms with Gasteiger partial charge in [-0.25, -0.2) is 0 Å². The summed E-state index contributed by atoms with van der Waals surface area (Å²) in [6, 6.07) is 0. The number of amides is 1. The van der Waals surface area contributed by atoms with Crippen LogP contribution in [0.4, 0.5) is 0 Å². The van der Waals surface area contributed by atoms with Gasteiger partial charge in [-0.1, -0.05) is 11.4 Å². The second-order valence-electron chi connectivity index (χ2n) is 4.00. The van der Waals surface area contributed by atoms with Gasteiger partial charge in [-0.05, 0) is 25.7 Å². The van der Waals surface area contributed by atoms with Gasteiger partial charge < -0.3 is 23.4 Å². The number of likely N-dealkylation sites (N-methyl/N-ethyl adjacent to an activating group) is 1. The van der Waals surface area contributed by atoms with Crippen LogP contribution in [0.1, 0.15) is 13.8 Å². The lowest BCUT2D eigenvalue weighted by Gasteiger charge is -2.23. The highest BCUT2D eigenvalue weighted by Gasteiger charge is 2.24. The van der Waals surface area contributed by atoms with Crippen molar-refractivity contribution in [3.05, 3.63) is 0 Å². The minimum atomic E-state index is -2.41. The standard InChI is InChI=1S/C11H22NO5PS2/c1-4-16-18(19,17-5-2)20-9-10(13)12(3)8-11-14-6-7-15-11/h11H,4-9H2,1-3H3. The molecule has 0 aliphatic carbocycles. The molecule has 1 fully saturated rings. The summed E-state index contributed by atoms with van der Waals surface area (Å²) in [7, 11) is 1.72. The SMILES string of the molecule is CCOP(=S)(OCC)SCC(=O)N(C)CC1OCCO1. The van der Waals surface area contributed by atoms with Crippen LogP contribution in [0.3, 0.4) is 0 Å². The van der Waals surface area contributed by atoms with E-state index in [9.17, 15) is 4.79 Å². The normalized spacial score (nSPS) is 16.6. The maximum absolute atomic E-state index is 12.0. The Balaban J connectivity index is 2.37. The predicted molar refractivity (Wildman–Crippen MR) is 83.3 cm³/mol. The van der Waals surface area contributed by atoms with E-state index < -0.39 is 5.69 Å². The van der Waals surface area contributed by atoms with Crippen molar-refractivity contribution in [3.63, 3.8) is 0 Å². The molecule has 0 aromatic rings. The molecule has 1 saturated heterocycles. The monoisotopic (exact) mass is 343 g/mol. The first-order valence-electron chi connectivity index (χ1n) is 6.51. The lowest BCUT2D eigenvalue weighted by atomic mass is 10.5. The average molecular weight is 343 g/mol. The smallest absolute Gasteiger partial charge is 0.247 e. The molecule has 0 saturated carbocycles. The summed E-state index contributed by atoms with van der Waals surface area (Å²) in [5.74, 6) is 0.197. The van der Waals surface area contributed by atoms with E-state index in [1.165, 1.54) is 11.4 Å². The van der Waals surface area contributed by atoms with Gasteiger partial charge in [0, 0.05) is 7.05 Å². The Morgan fingerprint density at radius 2 is 1.90 bits per heavy atom.